The number of nitrogens with zero attached hydrogens (tertiary/aromatic N) is 3. The predicted octanol–water partition coefficient (Wildman–Crippen LogP) is 5.11. The normalized spacial score (nSPS) is 11.8. The second kappa shape index (κ2) is 7.95. The Balaban J connectivity index is 1.98. The third kappa shape index (κ3) is 4.57. The van der Waals surface area contributed by atoms with Gasteiger partial charge in [0, 0.05) is 24.0 Å². The Bertz CT molecular complexity index is 857. The molecular weight excluding hydrogens is 322 g/mol. The highest BCUT2D eigenvalue weighted by Gasteiger charge is 2.10. The van der Waals surface area contributed by atoms with E-state index < -0.39 is 0 Å². The van der Waals surface area contributed by atoms with Gasteiger partial charge in [-0.3, -0.25) is 4.98 Å². The number of aromatic nitrogens is 3. The van der Waals surface area contributed by atoms with E-state index in [9.17, 15) is 0 Å². The molecule has 0 amide bonds. The van der Waals surface area contributed by atoms with E-state index in [0.717, 1.165) is 29.3 Å². The molecule has 0 spiro atoms. The molecule has 0 bridgehead atoms. The lowest BCUT2D eigenvalue weighted by Crippen LogP contribution is -2.16. The SMILES string of the molecule is CC[C@@H](C)Nc1nc(Nc2cc(C)cc(C)c2)cc(-c2ccccn2)n1. The molecule has 2 N–H and O–H groups in total. The molecule has 0 aliphatic heterocycles. The van der Waals surface area contributed by atoms with Crippen LogP contribution >= 0.6 is 0 Å². The van der Waals surface area contributed by atoms with E-state index in [-0.39, 0.29) is 0 Å². The molecule has 5 nitrogen and oxygen atoms in total. The van der Waals surface area contributed by atoms with Gasteiger partial charge < -0.3 is 10.6 Å². The van der Waals surface area contributed by atoms with Gasteiger partial charge in [-0.15, -0.1) is 0 Å². The molecule has 0 saturated heterocycles. The number of rotatable bonds is 6. The van der Waals surface area contributed by atoms with Crippen LogP contribution in [0.3, 0.4) is 0 Å². The average Bonchev–Trinajstić information content (AvgIpc) is 2.61. The van der Waals surface area contributed by atoms with E-state index in [0.29, 0.717) is 12.0 Å². The molecule has 0 fully saturated rings. The molecule has 0 saturated carbocycles. The summed E-state index contributed by atoms with van der Waals surface area (Å²) in [6.45, 7) is 8.43. The number of benzene rings is 1. The number of hydrogen-bond acceptors (Lipinski definition) is 5. The van der Waals surface area contributed by atoms with Gasteiger partial charge in [-0.25, -0.2) is 4.98 Å². The van der Waals surface area contributed by atoms with Crippen molar-refractivity contribution in [3.63, 3.8) is 0 Å². The van der Waals surface area contributed by atoms with Crippen LogP contribution < -0.4 is 10.6 Å². The van der Waals surface area contributed by atoms with E-state index in [4.69, 9.17) is 0 Å². The van der Waals surface area contributed by atoms with Crippen molar-refractivity contribution in [2.75, 3.05) is 10.6 Å². The van der Waals surface area contributed by atoms with Gasteiger partial charge >= 0.3 is 0 Å². The monoisotopic (exact) mass is 347 g/mol. The Morgan fingerprint density at radius 1 is 0.962 bits per heavy atom. The fourth-order valence-corrected chi connectivity index (χ4v) is 2.74. The summed E-state index contributed by atoms with van der Waals surface area (Å²) in [7, 11) is 0. The van der Waals surface area contributed by atoms with Crippen molar-refractivity contribution >= 4 is 17.5 Å². The van der Waals surface area contributed by atoms with Gasteiger partial charge in [0.15, 0.2) is 0 Å². The molecule has 0 aliphatic carbocycles. The zero-order valence-electron chi connectivity index (χ0n) is 15.7. The molecule has 2 heterocycles. The molecule has 134 valence electrons. The number of anilines is 3. The van der Waals surface area contributed by atoms with E-state index in [1.54, 1.807) is 6.20 Å². The fraction of sp³-hybridized carbons (Fsp3) is 0.286. The van der Waals surface area contributed by atoms with Gasteiger partial charge in [-0.1, -0.05) is 19.1 Å². The van der Waals surface area contributed by atoms with Crippen molar-refractivity contribution < 1.29 is 0 Å². The van der Waals surface area contributed by atoms with Crippen LogP contribution in [0.2, 0.25) is 0 Å². The summed E-state index contributed by atoms with van der Waals surface area (Å²) >= 11 is 0. The Kier molecular flexibility index (Phi) is 5.46. The Morgan fingerprint density at radius 3 is 2.38 bits per heavy atom. The van der Waals surface area contributed by atoms with Gasteiger partial charge in [0.2, 0.25) is 5.95 Å². The first-order chi connectivity index (χ1) is 12.5. The van der Waals surface area contributed by atoms with Crippen LogP contribution in [-0.2, 0) is 0 Å². The maximum absolute atomic E-state index is 4.64. The Morgan fingerprint density at radius 2 is 1.73 bits per heavy atom. The van der Waals surface area contributed by atoms with E-state index >= 15 is 0 Å². The molecule has 3 rings (SSSR count). The first-order valence-corrected chi connectivity index (χ1v) is 8.96. The molecule has 2 aromatic heterocycles. The summed E-state index contributed by atoms with van der Waals surface area (Å²) in [6, 6.07) is 14.4. The quantitative estimate of drug-likeness (QED) is 0.649. The van der Waals surface area contributed by atoms with Crippen molar-refractivity contribution in [2.24, 2.45) is 0 Å². The van der Waals surface area contributed by atoms with Gasteiger partial charge in [0.1, 0.15) is 5.82 Å². The summed E-state index contributed by atoms with van der Waals surface area (Å²) in [6.07, 6.45) is 2.77. The molecular formula is C21H25N5. The van der Waals surface area contributed by atoms with E-state index in [1.165, 1.54) is 11.1 Å². The minimum atomic E-state index is 0.294. The second-order valence-electron chi connectivity index (χ2n) is 6.63. The van der Waals surface area contributed by atoms with Crippen LogP contribution in [0, 0.1) is 13.8 Å². The molecule has 0 radical (unpaired) electrons. The largest absolute Gasteiger partial charge is 0.352 e. The third-order valence-electron chi connectivity index (χ3n) is 4.14. The van der Waals surface area contributed by atoms with E-state index in [1.807, 2.05) is 24.3 Å². The Labute approximate surface area is 154 Å². The van der Waals surface area contributed by atoms with Crippen LogP contribution in [0.5, 0.6) is 0 Å². The lowest BCUT2D eigenvalue weighted by Gasteiger charge is -2.15. The zero-order valence-corrected chi connectivity index (χ0v) is 15.7. The molecule has 1 aromatic carbocycles. The molecule has 26 heavy (non-hydrogen) atoms. The highest BCUT2D eigenvalue weighted by molar-refractivity contribution is 5.66. The van der Waals surface area contributed by atoms with Crippen molar-refractivity contribution in [3.05, 3.63) is 59.8 Å². The topological polar surface area (TPSA) is 62.7 Å². The van der Waals surface area contributed by atoms with Crippen LogP contribution in [0.25, 0.3) is 11.4 Å². The molecule has 1 atom stereocenters. The third-order valence-corrected chi connectivity index (χ3v) is 4.14. The number of aryl methyl sites for hydroxylation is 2. The Hall–Kier alpha value is -2.95. The second-order valence-corrected chi connectivity index (χ2v) is 6.63. The zero-order chi connectivity index (χ0) is 18.5. The lowest BCUT2D eigenvalue weighted by molar-refractivity contribution is 0.753. The average molecular weight is 347 g/mol. The highest BCUT2D eigenvalue weighted by Crippen LogP contribution is 2.24. The van der Waals surface area contributed by atoms with Crippen molar-refractivity contribution in [1.82, 2.24) is 15.0 Å². The van der Waals surface area contributed by atoms with Crippen molar-refractivity contribution in [1.29, 1.82) is 0 Å². The summed E-state index contributed by atoms with van der Waals surface area (Å²) in [5.41, 5.74) is 5.06. The minimum absolute atomic E-state index is 0.294. The predicted molar refractivity (Wildman–Crippen MR) is 108 cm³/mol. The standard InChI is InChI=1S/C21H25N5/c1-5-16(4)23-21-25-19(18-8-6-7-9-22-18)13-20(26-21)24-17-11-14(2)10-15(3)12-17/h6-13,16H,5H2,1-4H3,(H2,23,24,25,26)/t16-/m1/s1. The molecule has 0 aliphatic rings. The first kappa shape index (κ1) is 17.9. The van der Waals surface area contributed by atoms with Gasteiger partial charge in [-0.2, -0.15) is 4.98 Å². The van der Waals surface area contributed by atoms with Crippen LogP contribution in [-0.4, -0.2) is 21.0 Å². The highest BCUT2D eigenvalue weighted by atomic mass is 15.2. The van der Waals surface area contributed by atoms with Crippen LogP contribution in [0.4, 0.5) is 17.5 Å². The fourth-order valence-electron chi connectivity index (χ4n) is 2.74. The smallest absolute Gasteiger partial charge is 0.225 e. The summed E-state index contributed by atoms with van der Waals surface area (Å²) in [5, 5.41) is 6.77. The van der Waals surface area contributed by atoms with E-state index in [2.05, 4.69) is 71.5 Å². The molecule has 0 unspecified atom stereocenters. The van der Waals surface area contributed by atoms with Crippen LogP contribution in [0.15, 0.2) is 48.7 Å². The van der Waals surface area contributed by atoms with Gasteiger partial charge in [0.25, 0.3) is 0 Å². The first-order valence-electron chi connectivity index (χ1n) is 8.96. The summed E-state index contributed by atoms with van der Waals surface area (Å²) in [5.74, 6) is 1.35. The summed E-state index contributed by atoms with van der Waals surface area (Å²) < 4.78 is 0. The maximum atomic E-state index is 4.64. The maximum Gasteiger partial charge on any atom is 0.225 e. The number of hydrogen-bond donors (Lipinski definition) is 2. The molecule has 5 heteroatoms. The lowest BCUT2D eigenvalue weighted by atomic mass is 10.1. The van der Waals surface area contributed by atoms with Crippen molar-refractivity contribution in [3.8, 4) is 11.4 Å². The van der Waals surface area contributed by atoms with Crippen LogP contribution in [0.1, 0.15) is 31.4 Å². The minimum Gasteiger partial charge on any atom is -0.352 e. The van der Waals surface area contributed by atoms with Crippen molar-refractivity contribution in [2.45, 2.75) is 40.2 Å². The number of nitrogens with one attached hydrogen (secondary N) is 2. The number of pyridine rings is 1. The van der Waals surface area contributed by atoms with Gasteiger partial charge in [-0.05, 0) is 62.6 Å². The summed E-state index contributed by atoms with van der Waals surface area (Å²) in [4.78, 5) is 13.7. The van der Waals surface area contributed by atoms with Gasteiger partial charge in [0.05, 0.1) is 11.4 Å². The molecule has 3 aromatic rings.